The molecule has 0 aliphatic carbocycles. The molecule has 0 bridgehead atoms. The minimum atomic E-state index is -1.71. The Morgan fingerprint density at radius 3 is 1.84 bits per heavy atom. The summed E-state index contributed by atoms with van der Waals surface area (Å²) in [6.07, 6.45) is -0.822. The molecular weight excluding hydrogens is 566 g/mol. The maximum absolute atomic E-state index is 13.1. The van der Waals surface area contributed by atoms with Crippen LogP contribution in [0.15, 0.2) is 109 Å². The number of hydrogen-bond donors (Lipinski definition) is 5. The van der Waals surface area contributed by atoms with Crippen LogP contribution >= 0.6 is 0 Å². The van der Waals surface area contributed by atoms with E-state index in [9.17, 15) is 19.8 Å². The van der Waals surface area contributed by atoms with Gasteiger partial charge in [0.05, 0.1) is 24.3 Å². The molecule has 8 heteroatoms. The highest BCUT2D eigenvalue weighted by Gasteiger charge is 2.56. The quantitative estimate of drug-likeness (QED) is 0.139. The molecule has 0 fully saturated rings. The fraction of sp³-hybridized carbons (Fsp3) is 0.297. The molecule has 1 unspecified atom stereocenters. The van der Waals surface area contributed by atoms with Crippen molar-refractivity contribution in [2.75, 3.05) is 7.11 Å². The van der Waals surface area contributed by atoms with E-state index in [0.29, 0.717) is 34.2 Å². The van der Waals surface area contributed by atoms with Crippen LogP contribution in [0, 0.1) is 5.92 Å². The largest absolute Gasteiger partial charge is 0.465 e. The van der Waals surface area contributed by atoms with Crippen molar-refractivity contribution in [1.82, 2.24) is 5.32 Å². The smallest absolute Gasteiger partial charge is 0.337 e. The third-order valence-electron chi connectivity index (χ3n) is 8.59. The molecule has 4 aromatic rings. The minimum absolute atomic E-state index is 0.188. The Morgan fingerprint density at radius 1 is 0.800 bits per heavy atom. The highest BCUT2D eigenvalue weighted by atomic mass is 16.5. The molecule has 0 aliphatic heterocycles. The van der Waals surface area contributed by atoms with Crippen molar-refractivity contribution in [2.45, 2.75) is 56.5 Å². The lowest BCUT2D eigenvalue weighted by Gasteiger charge is -2.53. The molecule has 236 valence electrons. The first-order valence-electron chi connectivity index (χ1n) is 15.1. The Balaban J connectivity index is 1.93. The van der Waals surface area contributed by atoms with E-state index in [1.165, 1.54) is 7.11 Å². The summed E-state index contributed by atoms with van der Waals surface area (Å²) in [7, 11) is 1.34. The first-order chi connectivity index (χ1) is 21.4. The average Bonchev–Trinajstić information content (AvgIpc) is 3.06. The number of nitrogens with two attached hydrogens (primary N) is 2. The van der Waals surface area contributed by atoms with Gasteiger partial charge in [0.15, 0.2) is 0 Å². The number of aliphatic hydroxyl groups excluding tert-OH is 1. The molecule has 0 saturated carbocycles. The fourth-order valence-corrected chi connectivity index (χ4v) is 6.27. The summed E-state index contributed by atoms with van der Waals surface area (Å²) in [6.45, 7) is 5.82. The van der Waals surface area contributed by atoms with E-state index in [-0.39, 0.29) is 6.04 Å². The summed E-state index contributed by atoms with van der Waals surface area (Å²) in [5, 5.41) is 29.0. The SMILES string of the molecule is COC(=O)c1ccc(C[C@@H](C)[C@@](O)(c2ccccc2)C(N)[C@@](NC(C)C)(c2ccc(C(N)=O)cc2)[C@H](O)c2ccccc2)cc1. The predicted octanol–water partition coefficient (Wildman–Crippen LogP) is 4.59. The van der Waals surface area contributed by atoms with Crippen molar-refractivity contribution in [1.29, 1.82) is 0 Å². The zero-order valence-electron chi connectivity index (χ0n) is 26.2. The predicted molar refractivity (Wildman–Crippen MR) is 175 cm³/mol. The van der Waals surface area contributed by atoms with Crippen molar-refractivity contribution < 1.29 is 24.5 Å². The standard InChI is InChI=1S/C37H43N3O5/c1-24(2)40-36(32(41)27-11-7-5-8-12-27,30-21-19-28(20-22-30)33(38)42)35(39)37(44,31-13-9-6-10-14-31)25(3)23-26-15-17-29(18-16-26)34(43)45-4/h5-22,24-25,32,35,40-41,44H,23,39H2,1-4H3,(H2,38,42)/t25-,32-,35?,36-,37-/m1/s1. The van der Waals surface area contributed by atoms with Gasteiger partial charge < -0.3 is 31.7 Å². The number of hydrogen-bond acceptors (Lipinski definition) is 7. The second-order valence-electron chi connectivity index (χ2n) is 11.9. The van der Waals surface area contributed by atoms with Crippen LogP contribution in [0.3, 0.4) is 0 Å². The molecule has 4 aromatic carbocycles. The van der Waals surface area contributed by atoms with E-state index in [2.05, 4.69) is 5.32 Å². The number of methoxy groups -OCH3 is 1. The molecule has 45 heavy (non-hydrogen) atoms. The zero-order chi connectivity index (χ0) is 32.8. The minimum Gasteiger partial charge on any atom is -0.465 e. The van der Waals surface area contributed by atoms with Gasteiger partial charge in [0.25, 0.3) is 0 Å². The number of nitrogens with one attached hydrogen (secondary N) is 1. The number of rotatable bonds is 13. The van der Waals surface area contributed by atoms with Crippen LogP contribution in [0.1, 0.15) is 69.8 Å². The monoisotopic (exact) mass is 609 g/mol. The van der Waals surface area contributed by atoms with Crippen LogP contribution in [0.2, 0.25) is 0 Å². The first-order valence-corrected chi connectivity index (χ1v) is 15.1. The number of primary amides is 1. The summed E-state index contributed by atoms with van der Waals surface area (Å²) in [6, 6.07) is 30.8. The number of amides is 1. The van der Waals surface area contributed by atoms with Gasteiger partial charge in [-0.05, 0) is 72.7 Å². The molecule has 1 amide bonds. The van der Waals surface area contributed by atoms with Crippen LogP contribution in [0.25, 0.3) is 0 Å². The Morgan fingerprint density at radius 2 is 1.33 bits per heavy atom. The Hall–Kier alpha value is -4.34. The van der Waals surface area contributed by atoms with Gasteiger partial charge in [0.2, 0.25) is 5.91 Å². The van der Waals surface area contributed by atoms with E-state index >= 15 is 0 Å². The van der Waals surface area contributed by atoms with Gasteiger partial charge in [0.1, 0.15) is 11.7 Å². The lowest BCUT2D eigenvalue weighted by molar-refractivity contribution is -0.0992. The number of aliphatic hydroxyl groups is 2. The summed E-state index contributed by atoms with van der Waals surface area (Å²) < 4.78 is 4.84. The molecular formula is C37H43N3O5. The number of benzene rings is 4. The third-order valence-corrected chi connectivity index (χ3v) is 8.59. The van der Waals surface area contributed by atoms with Crippen molar-refractivity contribution in [3.63, 3.8) is 0 Å². The van der Waals surface area contributed by atoms with Crippen molar-refractivity contribution in [3.8, 4) is 0 Å². The Bertz CT molecular complexity index is 1560. The lowest BCUT2D eigenvalue weighted by Crippen LogP contribution is -2.69. The molecule has 0 saturated heterocycles. The normalized spacial score (nSPS) is 16.2. The Labute approximate surface area is 265 Å². The summed E-state index contributed by atoms with van der Waals surface area (Å²) >= 11 is 0. The Kier molecular flexibility index (Phi) is 10.6. The molecule has 0 aromatic heterocycles. The topological polar surface area (TPSA) is 148 Å². The molecule has 0 spiro atoms. The van der Waals surface area contributed by atoms with Gasteiger partial charge in [-0.3, -0.25) is 4.79 Å². The van der Waals surface area contributed by atoms with E-state index < -0.39 is 41.1 Å². The summed E-state index contributed by atoms with van der Waals surface area (Å²) in [5.74, 6) is -1.50. The number of ether oxygens (including phenoxy) is 1. The maximum Gasteiger partial charge on any atom is 0.337 e. The average molecular weight is 610 g/mol. The zero-order valence-corrected chi connectivity index (χ0v) is 26.2. The van der Waals surface area contributed by atoms with Crippen molar-refractivity contribution >= 4 is 11.9 Å². The van der Waals surface area contributed by atoms with Gasteiger partial charge in [0, 0.05) is 11.6 Å². The molecule has 4 rings (SSSR count). The first kappa shape index (κ1) is 33.6. The van der Waals surface area contributed by atoms with Crippen LogP contribution in [0.4, 0.5) is 0 Å². The summed E-state index contributed by atoms with van der Waals surface area (Å²) in [4.78, 5) is 24.0. The maximum atomic E-state index is 13.1. The summed E-state index contributed by atoms with van der Waals surface area (Å²) in [5.41, 5.74) is 13.2. The number of carbonyl (C=O) groups is 2. The second-order valence-corrected chi connectivity index (χ2v) is 11.9. The molecule has 0 heterocycles. The van der Waals surface area contributed by atoms with Crippen LogP contribution in [-0.4, -0.2) is 41.3 Å². The highest BCUT2D eigenvalue weighted by molar-refractivity contribution is 5.92. The van der Waals surface area contributed by atoms with Crippen LogP contribution < -0.4 is 16.8 Å². The van der Waals surface area contributed by atoms with E-state index in [1.54, 1.807) is 36.4 Å². The lowest BCUT2D eigenvalue weighted by atomic mass is 9.63. The van der Waals surface area contributed by atoms with Crippen molar-refractivity contribution in [3.05, 3.63) is 143 Å². The van der Waals surface area contributed by atoms with E-state index in [0.717, 1.165) is 5.56 Å². The van der Waals surface area contributed by atoms with E-state index in [4.69, 9.17) is 16.2 Å². The van der Waals surface area contributed by atoms with E-state index in [1.807, 2.05) is 93.6 Å². The van der Waals surface area contributed by atoms with Gasteiger partial charge in [-0.2, -0.15) is 0 Å². The third kappa shape index (κ3) is 6.84. The van der Waals surface area contributed by atoms with Crippen LogP contribution in [0.5, 0.6) is 0 Å². The number of carbonyl (C=O) groups excluding carboxylic acids is 2. The molecule has 0 radical (unpaired) electrons. The van der Waals surface area contributed by atoms with Crippen molar-refractivity contribution in [2.24, 2.45) is 17.4 Å². The fourth-order valence-electron chi connectivity index (χ4n) is 6.27. The van der Waals surface area contributed by atoms with Crippen LogP contribution in [-0.2, 0) is 22.3 Å². The van der Waals surface area contributed by atoms with Gasteiger partial charge in [-0.25, -0.2) is 4.79 Å². The highest BCUT2D eigenvalue weighted by Crippen LogP contribution is 2.47. The molecule has 0 aliphatic rings. The molecule has 8 nitrogen and oxygen atoms in total. The second kappa shape index (κ2) is 14.2. The number of esters is 1. The van der Waals surface area contributed by atoms with Gasteiger partial charge in [-0.1, -0.05) is 91.9 Å². The molecule has 7 N–H and O–H groups in total. The van der Waals surface area contributed by atoms with Gasteiger partial charge >= 0.3 is 5.97 Å². The van der Waals surface area contributed by atoms with Gasteiger partial charge in [-0.15, -0.1) is 0 Å². The molecule has 5 atom stereocenters.